The number of hydrogen-bond donors (Lipinski definition) is 1. The summed E-state index contributed by atoms with van der Waals surface area (Å²) in [5, 5.41) is 2.55. The van der Waals surface area contributed by atoms with Crippen LogP contribution < -0.4 is 14.8 Å². The summed E-state index contributed by atoms with van der Waals surface area (Å²) in [6.45, 7) is 3.50. The number of ether oxygens (including phenoxy) is 2. The molecule has 1 aliphatic rings. The van der Waals surface area contributed by atoms with Crippen LogP contribution in [0.3, 0.4) is 0 Å². The molecule has 1 N–H and O–H groups in total. The fraction of sp³-hybridized carbons (Fsp3) is 0.318. The molecule has 0 aromatic heterocycles. The highest BCUT2D eigenvalue weighted by Crippen LogP contribution is 2.38. The van der Waals surface area contributed by atoms with Gasteiger partial charge in [0.25, 0.3) is 11.8 Å². The summed E-state index contributed by atoms with van der Waals surface area (Å²) in [7, 11) is -2.16. The van der Waals surface area contributed by atoms with E-state index >= 15 is 0 Å². The minimum atomic E-state index is -3.60. The summed E-state index contributed by atoms with van der Waals surface area (Å²) in [6.07, 6.45) is 1.03. The molecule has 3 amide bonds. The van der Waals surface area contributed by atoms with Gasteiger partial charge < -0.3 is 14.8 Å². The largest absolute Gasteiger partial charge is 0.493 e. The molecule has 1 unspecified atom stereocenters. The highest BCUT2D eigenvalue weighted by Gasteiger charge is 2.43. The lowest BCUT2D eigenvalue weighted by Crippen LogP contribution is -2.37. The predicted octanol–water partition coefficient (Wildman–Crippen LogP) is 2.43. The monoisotopic (exact) mass is 460 g/mol. The van der Waals surface area contributed by atoms with Gasteiger partial charge in [-0.1, -0.05) is 12.1 Å². The van der Waals surface area contributed by atoms with Crippen LogP contribution in [-0.4, -0.2) is 56.8 Å². The van der Waals surface area contributed by atoms with E-state index < -0.39 is 39.4 Å². The number of anilines is 1. The number of carbonyl (C=O) groups excluding carboxylic acids is 3. The third-order valence-corrected chi connectivity index (χ3v) is 5.82. The van der Waals surface area contributed by atoms with Gasteiger partial charge in [0, 0.05) is 13.2 Å². The van der Waals surface area contributed by atoms with Crippen LogP contribution in [0.25, 0.3) is 0 Å². The second kappa shape index (κ2) is 8.99. The van der Waals surface area contributed by atoms with Gasteiger partial charge in [0.15, 0.2) is 11.5 Å². The second-order valence-electron chi connectivity index (χ2n) is 7.34. The molecule has 10 heteroatoms. The van der Waals surface area contributed by atoms with Crippen molar-refractivity contribution in [3.63, 3.8) is 0 Å². The third-order valence-electron chi connectivity index (χ3n) is 4.90. The molecule has 1 heterocycles. The Balaban J connectivity index is 2.12. The molecule has 3 rings (SSSR count). The quantitative estimate of drug-likeness (QED) is 0.601. The number of benzene rings is 2. The number of nitrogens with one attached hydrogen (secondary N) is 1. The molecule has 32 heavy (non-hydrogen) atoms. The molecule has 0 aliphatic carbocycles. The lowest BCUT2D eigenvalue weighted by Gasteiger charge is -2.26. The van der Waals surface area contributed by atoms with Crippen molar-refractivity contribution >= 4 is 33.2 Å². The summed E-state index contributed by atoms with van der Waals surface area (Å²) in [5.41, 5.74) is 0.714. The fourth-order valence-corrected chi connectivity index (χ4v) is 4.57. The first-order valence-electron chi connectivity index (χ1n) is 9.84. The van der Waals surface area contributed by atoms with Crippen molar-refractivity contribution in [2.75, 3.05) is 31.0 Å². The van der Waals surface area contributed by atoms with Crippen molar-refractivity contribution in [2.45, 2.75) is 19.9 Å². The van der Waals surface area contributed by atoms with Gasteiger partial charge in [-0.25, -0.2) is 8.42 Å². The van der Waals surface area contributed by atoms with Crippen molar-refractivity contribution in [3.05, 3.63) is 53.1 Å². The molecule has 1 aliphatic heterocycles. The Kier molecular flexibility index (Phi) is 6.54. The van der Waals surface area contributed by atoms with E-state index in [1.165, 1.54) is 26.2 Å². The van der Waals surface area contributed by atoms with Crippen molar-refractivity contribution in [3.8, 4) is 11.5 Å². The smallest absolute Gasteiger partial charge is 0.264 e. The van der Waals surface area contributed by atoms with Crippen LogP contribution in [0.2, 0.25) is 0 Å². The van der Waals surface area contributed by atoms with Crippen molar-refractivity contribution in [1.29, 1.82) is 0 Å². The molecule has 1 atom stereocenters. The van der Waals surface area contributed by atoms with E-state index in [2.05, 4.69) is 5.32 Å². The number of hydrogen-bond acceptors (Lipinski definition) is 7. The fourth-order valence-electron chi connectivity index (χ4n) is 3.65. The molecule has 0 bridgehead atoms. The minimum absolute atomic E-state index is 0.0316. The molecule has 0 saturated carbocycles. The lowest BCUT2D eigenvalue weighted by molar-refractivity contribution is -0.114. The maximum atomic E-state index is 13.3. The summed E-state index contributed by atoms with van der Waals surface area (Å²) in [6, 6.07) is 8.18. The molecule has 0 fully saturated rings. The van der Waals surface area contributed by atoms with Crippen LogP contribution in [0, 0.1) is 0 Å². The van der Waals surface area contributed by atoms with Crippen LogP contribution in [0.1, 0.15) is 46.2 Å². The van der Waals surface area contributed by atoms with Crippen molar-refractivity contribution < 1.29 is 32.3 Å². The van der Waals surface area contributed by atoms with Crippen LogP contribution >= 0.6 is 0 Å². The number of nitrogens with zero attached hydrogens (tertiary/aromatic N) is 1. The number of carbonyl (C=O) groups is 3. The summed E-state index contributed by atoms with van der Waals surface area (Å²) >= 11 is 0. The van der Waals surface area contributed by atoms with E-state index in [-0.39, 0.29) is 16.8 Å². The SMILES string of the molecule is CCOc1ccc(C(CS(C)(=O)=O)N2C(=O)c3cccc(NC(C)=O)c3C2=O)cc1OC. The molecular formula is C22H24N2O7S. The first-order valence-corrected chi connectivity index (χ1v) is 11.9. The van der Waals surface area contributed by atoms with Crippen LogP contribution in [0.4, 0.5) is 5.69 Å². The number of imide groups is 1. The van der Waals surface area contributed by atoms with E-state index in [0.717, 1.165) is 11.2 Å². The molecule has 2 aromatic carbocycles. The van der Waals surface area contributed by atoms with Gasteiger partial charge in [-0.15, -0.1) is 0 Å². The maximum Gasteiger partial charge on any atom is 0.264 e. The Morgan fingerprint density at radius 3 is 2.44 bits per heavy atom. The van der Waals surface area contributed by atoms with Gasteiger partial charge >= 0.3 is 0 Å². The Morgan fingerprint density at radius 2 is 1.84 bits per heavy atom. The van der Waals surface area contributed by atoms with E-state index in [0.29, 0.717) is 23.7 Å². The van der Waals surface area contributed by atoms with Gasteiger partial charge in [-0.3, -0.25) is 19.3 Å². The molecule has 0 radical (unpaired) electrons. The van der Waals surface area contributed by atoms with E-state index in [9.17, 15) is 22.8 Å². The summed E-state index contributed by atoms with van der Waals surface area (Å²) in [4.78, 5) is 39.0. The lowest BCUT2D eigenvalue weighted by atomic mass is 10.1. The van der Waals surface area contributed by atoms with E-state index in [4.69, 9.17) is 9.47 Å². The van der Waals surface area contributed by atoms with Crippen LogP contribution in [0.15, 0.2) is 36.4 Å². The first-order chi connectivity index (χ1) is 15.1. The molecule has 0 spiro atoms. The normalized spacial score (nSPS) is 14.2. The van der Waals surface area contributed by atoms with Gasteiger partial charge in [0.2, 0.25) is 5.91 Å². The van der Waals surface area contributed by atoms with Crippen molar-refractivity contribution in [2.24, 2.45) is 0 Å². The first kappa shape index (κ1) is 23.3. The summed E-state index contributed by atoms with van der Waals surface area (Å²) < 4.78 is 35.3. The Hall–Kier alpha value is -3.40. The molecule has 2 aromatic rings. The van der Waals surface area contributed by atoms with E-state index in [1.54, 1.807) is 24.3 Å². The molecule has 9 nitrogen and oxygen atoms in total. The van der Waals surface area contributed by atoms with Crippen LogP contribution in [-0.2, 0) is 14.6 Å². The van der Waals surface area contributed by atoms with Gasteiger partial charge in [0.05, 0.1) is 42.3 Å². The zero-order chi connectivity index (χ0) is 23.6. The molecular weight excluding hydrogens is 436 g/mol. The van der Waals surface area contributed by atoms with Gasteiger partial charge in [-0.2, -0.15) is 0 Å². The average molecular weight is 461 g/mol. The highest BCUT2D eigenvalue weighted by atomic mass is 32.2. The number of methoxy groups -OCH3 is 1. The zero-order valence-electron chi connectivity index (χ0n) is 18.2. The maximum absolute atomic E-state index is 13.3. The molecule has 0 saturated heterocycles. The second-order valence-corrected chi connectivity index (χ2v) is 9.53. The highest BCUT2D eigenvalue weighted by molar-refractivity contribution is 7.90. The van der Waals surface area contributed by atoms with E-state index in [1.807, 2.05) is 6.92 Å². The van der Waals surface area contributed by atoms with Crippen molar-refractivity contribution in [1.82, 2.24) is 4.90 Å². The summed E-state index contributed by atoms with van der Waals surface area (Å²) in [5.74, 6) is -1.41. The third kappa shape index (κ3) is 4.59. The minimum Gasteiger partial charge on any atom is -0.493 e. The van der Waals surface area contributed by atoms with Gasteiger partial charge in [-0.05, 0) is 36.8 Å². The number of fused-ring (bicyclic) bond motifs is 1. The Bertz CT molecular complexity index is 1190. The number of sulfone groups is 1. The number of amides is 3. The zero-order valence-corrected chi connectivity index (χ0v) is 19.0. The Morgan fingerprint density at radius 1 is 1.12 bits per heavy atom. The Labute approximate surface area is 186 Å². The molecule has 170 valence electrons. The number of rotatable bonds is 8. The van der Waals surface area contributed by atoms with Gasteiger partial charge in [0.1, 0.15) is 9.84 Å². The standard InChI is InChI=1S/C22H24N2O7S/c1-5-31-18-10-9-14(11-19(18)30-3)17(12-32(4,28)29)24-21(26)15-7-6-8-16(23-13(2)25)20(15)22(24)27/h6-11,17H,5,12H2,1-4H3,(H,23,25). The predicted molar refractivity (Wildman–Crippen MR) is 118 cm³/mol. The van der Waals surface area contributed by atoms with Crippen LogP contribution in [0.5, 0.6) is 11.5 Å². The topological polar surface area (TPSA) is 119 Å². The average Bonchev–Trinajstić information content (AvgIpc) is 2.97.